The summed E-state index contributed by atoms with van der Waals surface area (Å²) in [4.78, 5) is 27.8. The molecule has 2 aromatic carbocycles. The fraction of sp³-hybridized carbons (Fsp3) is 0.304. The molecule has 150 valence electrons. The highest BCUT2D eigenvalue weighted by Crippen LogP contribution is 2.31. The molecule has 5 nitrogen and oxygen atoms in total. The number of fused-ring (bicyclic) bond motifs is 2. The lowest BCUT2D eigenvalue weighted by molar-refractivity contribution is -0.128. The molecule has 1 aliphatic heterocycles. The van der Waals surface area contributed by atoms with Crippen molar-refractivity contribution in [2.45, 2.75) is 38.4 Å². The van der Waals surface area contributed by atoms with Crippen LogP contribution in [0.25, 0.3) is 10.1 Å². The van der Waals surface area contributed by atoms with Gasteiger partial charge in [0.05, 0.1) is 12.6 Å². The summed E-state index contributed by atoms with van der Waals surface area (Å²) >= 11 is 1.69. The van der Waals surface area contributed by atoms with Crippen molar-refractivity contribution in [3.63, 3.8) is 0 Å². The third-order valence-electron chi connectivity index (χ3n) is 5.58. The highest BCUT2D eigenvalue weighted by Gasteiger charge is 2.32. The molecule has 1 aliphatic rings. The first-order valence-corrected chi connectivity index (χ1v) is 10.8. The number of aryl methyl sites for hydroxylation is 1. The zero-order valence-electron chi connectivity index (χ0n) is 16.6. The molecule has 2 amide bonds. The van der Waals surface area contributed by atoms with E-state index in [0.29, 0.717) is 13.0 Å². The molecule has 0 saturated heterocycles. The van der Waals surface area contributed by atoms with Gasteiger partial charge in [-0.05, 0) is 60.8 Å². The maximum atomic E-state index is 13.5. The van der Waals surface area contributed by atoms with Gasteiger partial charge in [0.25, 0.3) is 0 Å². The Balaban J connectivity index is 1.69. The van der Waals surface area contributed by atoms with E-state index in [9.17, 15) is 9.59 Å². The van der Waals surface area contributed by atoms with Crippen LogP contribution in [0.1, 0.15) is 24.5 Å². The Labute approximate surface area is 174 Å². The lowest BCUT2D eigenvalue weighted by Crippen LogP contribution is -2.52. The molecule has 3 aromatic rings. The second-order valence-corrected chi connectivity index (χ2v) is 8.34. The van der Waals surface area contributed by atoms with Gasteiger partial charge in [0.1, 0.15) is 6.04 Å². The second-order valence-electron chi connectivity index (χ2n) is 7.42. The number of hydrogen-bond acceptors (Lipinski definition) is 4. The van der Waals surface area contributed by atoms with Crippen LogP contribution in [0.15, 0.2) is 53.9 Å². The lowest BCUT2D eigenvalue weighted by atomic mass is 10.1. The Kier molecular flexibility index (Phi) is 5.65. The first-order chi connectivity index (χ1) is 14.1. The highest BCUT2D eigenvalue weighted by molar-refractivity contribution is 7.17. The Morgan fingerprint density at radius 1 is 1.21 bits per heavy atom. The number of amides is 2. The summed E-state index contributed by atoms with van der Waals surface area (Å²) < 4.78 is 1.20. The standard InChI is InChI=1S/C23H25N3O2S/c1-15(24-2)22(27)25-19-11-10-16-6-3-4-9-20(16)26(23(19)28)14-18-8-5-7-17-12-13-29-21(17)18/h3-9,12-13,15,19,24H,10-11,14H2,1-2H3,(H,25,27)/t15-,19-/m0/s1. The number of anilines is 1. The van der Waals surface area contributed by atoms with Crippen LogP contribution < -0.4 is 15.5 Å². The van der Waals surface area contributed by atoms with Gasteiger partial charge in [-0.25, -0.2) is 0 Å². The molecule has 6 heteroatoms. The van der Waals surface area contributed by atoms with Gasteiger partial charge in [-0.1, -0.05) is 36.4 Å². The average Bonchev–Trinajstić information content (AvgIpc) is 3.19. The van der Waals surface area contributed by atoms with Crippen molar-refractivity contribution < 1.29 is 9.59 Å². The third kappa shape index (κ3) is 3.91. The fourth-order valence-electron chi connectivity index (χ4n) is 3.79. The van der Waals surface area contributed by atoms with Gasteiger partial charge >= 0.3 is 0 Å². The Hall–Kier alpha value is -2.70. The normalized spacial score (nSPS) is 17.7. The highest BCUT2D eigenvalue weighted by atomic mass is 32.1. The molecule has 0 unspecified atom stereocenters. The van der Waals surface area contributed by atoms with Crippen molar-refractivity contribution in [1.82, 2.24) is 10.6 Å². The van der Waals surface area contributed by atoms with Crippen molar-refractivity contribution in [3.8, 4) is 0 Å². The molecule has 0 saturated carbocycles. The first kappa shape index (κ1) is 19.6. The van der Waals surface area contributed by atoms with E-state index in [0.717, 1.165) is 23.2 Å². The van der Waals surface area contributed by atoms with Crippen LogP contribution in [-0.2, 0) is 22.6 Å². The lowest BCUT2D eigenvalue weighted by Gasteiger charge is -2.27. The molecule has 0 bridgehead atoms. The molecule has 29 heavy (non-hydrogen) atoms. The number of nitrogens with zero attached hydrogens (tertiary/aromatic N) is 1. The first-order valence-electron chi connectivity index (χ1n) is 9.90. The summed E-state index contributed by atoms with van der Waals surface area (Å²) in [7, 11) is 1.74. The number of para-hydroxylation sites is 1. The van der Waals surface area contributed by atoms with Gasteiger partial charge in [0.15, 0.2) is 0 Å². The van der Waals surface area contributed by atoms with Crippen LogP contribution in [0.2, 0.25) is 0 Å². The van der Waals surface area contributed by atoms with E-state index < -0.39 is 6.04 Å². The average molecular weight is 408 g/mol. The molecule has 2 N–H and O–H groups in total. The third-order valence-corrected chi connectivity index (χ3v) is 6.59. The SMILES string of the molecule is CN[C@@H](C)C(=O)N[C@H]1CCc2ccccc2N(Cc2cccc3ccsc23)C1=O. The number of rotatable bonds is 5. The number of likely N-dealkylation sites (N-methyl/N-ethyl adjacent to an activating group) is 1. The quantitative estimate of drug-likeness (QED) is 0.681. The Morgan fingerprint density at radius 3 is 2.86 bits per heavy atom. The maximum absolute atomic E-state index is 13.5. The predicted octanol–water partition coefficient (Wildman–Crippen LogP) is 3.47. The van der Waals surface area contributed by atoms with E-state index in [2.05, 4.69) is 40.3 Å². The topological polar surface area (TPSA) is 61.4 Å². The van der Waals surface area contributed by atoms with Gasteiger partial charge < -0.3 is 15.5 Å². The van der Waals surface area contributed by atoms with Crippen LogP contribution in [0.5, 0.6) is 0 Å². The van der Waals surface area contributed by atoms with Crippen LogP contribution in [0.4, 0.5) is 5.69 Å². The predicted molar refractivity (Wildman–Crippen MR) is 118 cm³/mol. The van der Waals surface area contributed by atoms with Crippen molar-refractivity contribution in [2.75, 3.05) is 11.9 Å². The summed E-state index contributed by atoms with van der Waals surface area (Å²) in [5.41, 5.74) is 3.19. The molecule has 2 heterocycles. The maximum Gasteiger partial charge on any atom is 0.249 e. The van der Waals surface area contributed by atoms with Crippen molar-refractivity contribution >= 4 is 38.9 Å². The van der Waals surface area contributed by atoms with Crippen LogP contribution in [0, 0.1) is 0 Å². The Morgan fingerprint density at radius 2 is 2.03 bits per heavy atom. The van der Waals surface area contributed by atoms with Crippen LogP contribution >= 0.6 is 11.3 Å². The van der Waals surface area contributed by atoms with Gasteiger partial charge in [-0.15, -0.1) is 11.3 Å². The van der Waals surface area contributed by atoms with E-state index in [1.54, 1.807) is 25.3 Å². The molecule has 0 fully saturated rings. The number of benzene rings is 2. The van der Waals surface area contributed by atoms with E-state index in [4.69, 9.17) is 0 Å². The summed E-state index contributed by atoms with van der Waals surface area (Å²) in [6.45, 7) is 2.28. The molecule has 0 aliphatic carbocycles. The zero-order valence-corrected chi connectivity index (χ0v) is 17.5. The summed E-state index contributed by atoms with van der Waals surface area (Å²) in [6, 6.07) is 15.5. The molecule has 2 atom stereocenters. The minimum absolute atomic E-state index is 0.0554. The molecular weight excluding hydrogens is 382 g/mol. The minimum atomic E-state index is -0.534. The summed E-state index contributed by atoms with van der Waals surface area (Å²) in [5, 5.41) is 9.15. The fourth-order valence-corrected chi connectivity index (χ4v) is 4.70. The largest absolute Gasteiger partial charge is 0.343 e. The van der Waals surface area contributed by atoms with Crippen LogP contribution in [-0.4, -0.2) is 30.9 Å². The number of hydrogen-bond donors (Lipinski definition) is 2. The van der Waals surface area contributed by atoms with Crippen molar-refractivity contribution in [1.29, 1.82) is 0 Å². The summed E-state index contributed by atoms with van der Waals surface area (Å²) in [6.07, 6.45) is 1.35. The van der Waals surface area contributed by atoms with Gasteiger partial charge in [0.2, 0.25) is 11.8 Å². The number of nitrogens with one attached hydrogen (secondary N) is 2. The number of thiophene rings is 1. The Bertz CT molecular complexity index is 1050. The molecular formula is C23H25N3O2S. The molecule has 0 radical (unpaired) electrons. The zero-order chi connectivity index (χ0) is 20.4. The monoisotopic (exact) mass is 407 g/mol. The van der Waals surface area contributed by atoms with E-state index >= 15 is 0 Å². The summed E-state index contributed by atoms with van der Waals surface area (Å²) in [5.74, 6) is -0.211. The smallest absolute Gasteiger partial charge is 0.249 e. The number of carbonyl (C=O) groups is 2. The van der Waals surface area contributed by atoms with Gasteiger partial charge in [-0.3, -0.25) is 9.59 Å². The number of carbonyl (C=O) groups excluding carboxylic acids is 2. The van der Waals surface area contributed by atoms with Gasteiger partial charge in [-0.2, -0.15) is 0 Å². The molecule has 0 spiro atoms. The van der Waals surface area contributed by atoms with E-state index in [1.165, 1.54) is 10.1 Å². The minimum Gasteiger partial charge on any atom is -0.343 e. The van der Waals surface area contributed by atoms with Crippen LogP contribution in [0.3, 0.4) is 0 Å². The van der Waals surface area contributed by atoms with Crippen molar-refractivity contribution in [2.24, 2.45) is 0 Å². The van der Waals surface area contributed by atoms with E-state index in [-0.39, 0.29) is 17.9 Å². The van der Waals surface area contributed by atoms with Gasteiger partial charge in [0, 0.05) is 10.4 Å². The van der Waals surface area contributed by atoms with Crippen molar-refractivity contribution in [3.05, 3.63) is 65.0 Å². The molecule has 4 rings (SSSR count). The second kappa shape index (κ2) is 8.35. The molecule has 1 aromatic heterocycles. The van der Waals surface area contributed by atoms with E-state index in [1.807, 2.05) is 29.2 Å².